The maximum Gasteiger partial charge on any atom is 0.232 e. The summed E-state index contributed by atoms with van der Waals surface area (Å²) >= 11 is 0. The standard InChI is InChI=1S/C19H15F2N3O3S/c1-3-9-28(26,27)24-14-6-5-13(20)16(17(14)21)18(25)12-10-23-19-15(12)11(4-2)7-8-22-19/h2,5-8,10,24H,3,9H2,1H3,(H,22,23). The zero-order valence-corrected chi connectivity index (χ0v) is 15.5. The highest BCUT2D eigenvalue weighted by Gasteiger charge is 2.26. The quantitative estimate of drug-likeness (QED) is 0.488. The summed E-state index contributed by atoms with van der Waals surface area (Å²) in [5, 5.41) is 0.255. The summed E-state index contributed by atoms with van der Waals surface area (Å²) in [6.07, 6.45) is 8.44. The number of sulfonamides is 1. The molecule has 144 valence electrons. The number of benzene rings is 1. The number of carbonyl (C=O) groups is 1. The third-order valence-electron chi connectivity index (χ3n) is 4.03. The maximum absolute atomic E-state index is 14.9. The fourth-order valence-corrected chi connectivity index (χ4v) is 3.95. The first-order valence-corrected chi connectivity index (χ1v) is 9.90. The van der Waals surface area contributed by atoms with Crippen molar-refractivity contribution in [1.29, 1.82) is 0 Å². The highest BCUT2D eigenvalue weighted by atomic mass is 32.2. The van der Waals surface area contributed by atoms with E-state index in [0.29, 0.717) is 17.6 Å². The third-order valence-corrected chi connectivity index (χ3v) is 5.51. The summed E-state index contributed by atoms with van der Waals surface area (Å²) in [4.78, 5) is 19.7. The smallest absolute Gasteiger partial charge is 0.232 e. The minimum absolute atomic E-state index is 0.0672. The van der Waals surface area contributed by atoms with Crippen molar-refractivity contribution in [3.8, 4) is 12.3 Å². The van der Waals surface area contributed by atoms with E-state index in [2.05, 4.69) is 15.9 Å². The first-order chi connectivity index (χ1) is 13.3. The number of pyridine rings is 1. The molecule has 2 heterocycles. The molecule has 0 aliphatic heterocycles. The predicted molar refractivity (Wildman–Crippen MR) is 102 cm³/mol. The molecule has 3 aromatic rings. The molecule has 28 heavy (non-hydrogen) atoms. The predicted octanol–water partition coefficient (Wildman–Crippen LogP) is 3.21. The number of aromatic amines is 1. The molecule has 1 aromatic carbocycles. The molecule has 0 spiro atoms. The number of fused-ring (bicyclic) bond motifs is 1. The van der Waals surface area contributed by atoms with Gasteiger partial charge in [0.2, 0.25) is 15.8 Å². The van der Waals surface area contributed by atoms with E-state index in [1.165, 1.54) is 18.5 Å². The van der Waals surface area contributed by atoms with Crippen molar-refractivity contribution >= 4 is 32.5 Å². The number of H-pyrrole nitrogens is 1. The number of nitrogens with zero attached hydrogens (tertiary/aromatic N) is 1. The van der Waals surface area contributed by atoms with Crippen molar-refractivity contribution in [3.05, 3.63) is 58.9 Å². The van der Waals surface area contributed by atoms with Gasteiger partial charge < -0.3 is 4.98 Å². The Morgan fingerprint density at radius 1 is 1.32 bits per heavy atom. The normalized spacial score (nSPS) is 11.4. The number of hydrogen-bond acceptors (Lipinski definition) is 4. The van der Waals surface area contributed by atoms with Crippen molar-refractivity contribution in [2.75, 3.05) is 10.5 Å². The van der Waals surface area contributed by atoms with Crippen LogP contribution in [0, 0.1) is 24.0 Å². The average molecular weight is 403 g/mol. The zero-order chi connectivity index (χ0) is 20.5. The van der Waals surface area contributed by atoms with Crippen LogP contribution in [0.2, 0.25) is 0 Å². The molecule has 0 saturated carbocycles. The Labute approximate surface area is 160 Å². The van der Waals surface area contributed by atoms with Crippen LogP contribution >= 0.6 is 0 Å². The van der Waals surface area contributed by atoms with Crippen molar-refractivity contribution in [1.82, 2.24) is 9.97 Å². The number of halogens is 2. The molecule has 0 saturated heterocycles. The lowest BCUT2D eigenvalue weighted by atomic mass is 9.99. The van der Waals surface area contributed by atoms with Crippen LogP contribution in [-0.4, -0.2) is 29.9 Å². The van der Waals surface area contributed by atoms with E-state index in [1.807, 2.05) is 4.72 Å². The molecule has 0 aliphatic rings. The van der Waals surface area contributed by atoms with Crippen LogP contribution in [-0.2, 0) is 10.0 Å². The monoisotopic (exact) mass is 403 g/mol. The topological polar surface area (TPSA) is 91.9 Å². The molecule has 6 nitrogen and oxygen atoms in total. The number of rotatable bonds is 6. The van der Waals surface area contributed by atoms with Crippen molar-refractivity contribution < 1.29 is 22.0 Å². The number of nitrogens with one attached hydrogen (secondary N) is 2. The number of terminal acetylenes is 1. The molecule has 0 bridgehead atoms. The van der Waals surface area contributed by atoms with Crippen LogP contribution in [0.25, 0.3) is 11.0 Å². The number of anilines is 1. The maximum atomic E-state index is 14.9. The molecule has 2 N–H and O–H groups in total. The second-order valence-corrected chi connectivity index (χ2v) is 7.80. The summed E-state index contributed by atoms with van der Waals surface area (Å²) in [5.41, 5.74) is -0.838. The van der Waals surface area contributed by atoms with Crippen molar-refractivity contribution in [2.24, 2.45) is 0 Å². The van der Waals surface area contributed by atoms with E-state index < -0.39 is 38.7 Å². The second-order valence-electron chi connectivity index (χ2n) is 5.96. The van der Waals surface area contributed by atoms with Gasteiger partial charge >= 0.3 is 0 Å². The van der Waals surface area contributed by atoms with Crippen LogP contribution in [0.5, 0.6) is 0 Å². The minimum Gasteiger partial charge on any atom is -0.345 e. The second kappa shape index (κ2) is 7.40. The average Bonchev–Trinajstić information content (AvgIpc) is 3.08. The van der Waals surface area contributed by atoms with Gasteiger partial charge in [0.15, 0.2) is 5.82 Å². The van der Waals surface area contributed by atoms with E-state index in [1.54, 1.807) is 6.92 Å². The molecule has 2 aromatic heterocycles. The molecular weight excluding hydrogens is 388 g/mol. The van der Waals surface area contributed by atoms with Crippen molar-refractivity contribution in [3.63, 3.8) is 0 Å². The Hall–Kier alpha value is -3.25. The van der Waals surface area contributed by atoms with Crippen LogP contribution in [0.15, 0.2) is 30.6 Å². The van der Waals surface area contributed by atoms with E-state index in [9.17, 15) is 22.0 Å². The Morgan fingerprint density at radius 3 is 2.75 bits per heavy atom. The summed E-state index contributed by atoms with van der Waals surface area (Å²) in [5.74, 6) is -1.25. The summed E-state index contributed by atoms with van der Waals surface area (Å²) in [7, 11) is -3.83. The van der Waals surface area contributed by atoms with Gasteiger partial charge in [0, 0.05) is 23.3 Å². The summed E-state index contributed by atoms with van der Waals surface area (Å²) < 4.78 is 55.1. The van der Waals surface area contributed by atoms with Gasteiger partial charge in [-0.1, -0.05) is 12.8 Å². The lowest BCUT2D eigenvalue weighted by Crippen LogP contribution is -2.18. The van der Waals surface area contributed by atoms with Gasteiger partial charge in [0.25, 0.3) is 0 Å². The van der Waals surface area contributed by atoms with E-state index in [4.69, 9.17) is 6.42 Å². The van der Waals surface area contributed by atoms with Gasteiger partial charge in [0.1, 0.15) is 11.5 Å². The van der Waals surface area contributed by atoms with Crippen molar-refractivity contribution in [2.45, 2.75) is 13.3 Å². The molecule has 3 rings (SSSR count). The lowest BCUT2D eigenvalue weighted by molar-refractivity contribution is 0.103. The molecular formula is C19H15F2N3O3S. The lowest BCUT2D eigenvalue weighted by Gasteiger charge is -2.11. The van der Waals surface area contributed by atoms with E-state index >= 15 is 0 Å². The molecule has 0 amide bonds. The fourth-order valence-electron chi connectivity index (χ4n) is 2.82. The highest BCUT2D eigenvalue weighted by Crippen LogP contribution is 2.28. The van der Waals surface area contributed by atoms with Crippen LogP contribution < -0.4 is 4.72 Å². The number of aromatic nitrogens is 2. The highest BCUT2D eigenvalue weighted by molar-refractivity contribution is 7.92. The molecule has 0 atom stereocenters. The molecule has 0 aliphatic carbocycles. The molecule has 0 unspecified atom stereocenters. The molecule has 9 heteroatoms. The largest absolute Gasteiger partial charge is 0.345 e. The van der Waals surface area contributed by atoms with E-state index in [0.717, 1.165) is 12.1 Å². The van der Waals surface area contributed by atoms with Gasteiger partial charge in [-0.2, -0.15) is 0 Å². The Morgan fingerprint density at radius 2 is 2.07 bits per heavy atom. The number of ketones is 1. The van der Waals surface area contributed by atoms with E-state index in [-0.39, 0.29) is 16.7 Å². The van der Waals surface area contributed by atoms with Gasteiger partial charge in [0.05, 0.1) is 22.6 Å². The SMILES string of the molecule is C#Cc1ccnc2[nH]cc(C(=O)c3c(F)ccc(NS(=O)(=O)CCC)c3F)c12. The molecule has 0 fully saturated rings. The number of hydrogen-bond donors (Lipinski definition) is 2. The van der Waals surface area contributed by atoms with Crippen LogP contribution in [0.3, 0.4) is 0 Å². The Bertz CT molecular complexity index is 1230. The van der Waals surface area contributed by atoms with Gasteiger partial charge in [-0.3, -0.25) is 9.52 Å². The zero-order valence-electron chi connectivity index (χ0n) is 14.7. The van der Waals surface area contributed by atoms with Gasteiger partial charge in [-0.25, -0.2) is 22.2 Å². The van der Waals surface area contributed by atoms with Gasteiger partial charge in [-0.05, 0) is 24.6 Å². The Balaban J connectivity index is 2.13. The first kappa shape index (κ1) is 19.5. The fraction of sp³-hybridized carbons (Fsp3) is 0.158. The number of carbonyl (C=O) groups excluding carboxylic acids is 1. The minimum atomic E-state index is -3.83. The first-order valence-electron chi connectivity index (χ1n) is 8.25. The van der Waals surface area contributed by atoms with Crippen LogP contribution in [0.4, 0.5) is 14.5 Å². The summed E-state index contributed by atoms with van der Waals surface area (Å²) in [6.45, 7) is 1.64. The summed E-state index contributed by atoms with van der Waals surface area (Å²) in [6, 6.07) is 3.25. The van der Waals surface area contributed by atoms with Crippen LogP contribution in [0.1, 0.15) is 34.8 Å². The molecule has 0 radical (unpaired) electrons. The third kappa shape index (κ3) is 3.46. The Kier molecular flexibility index (Phi) is 5.16. The van der Waals surface area contributed by atoms with Gasteiger partial charge in [-0.15, -0.1) is 6.42 Å².